The van der Waals surface area contributed by atoms with Crippen molar-refractivity contribution in [3.8, 4) is 0 Å². The highest BCUT2D eigenvalue weighted by Gasteiger charge is 2.20. The summed E-state index contributed by atoms with van der Waals surface area (Å²) in [4.78, 5) is 4.58. The van der Waals surface area contributed by atoms with Gasteiger partial charge in [0.05, 0.1) is 5.69 Å². The number of hydrogen-bond donors (Lipinski definition) is 1. The van der Waals surface area contributed by atoms with Crippen molar-refractivity contribution in [2.75, 3.05) is 31.5 Å². The van der Waals surface area contributed by atoms with Crippen LogP contribution in [0, 0.1) is 12.7 Å². The first-order valence-corrected chi connectivity index (χ1v) is 8.45. The molecule has 1 aromatic carbocycles. The Morgan fingerprint density at radius 1 is 1.21 bits per heavy atom. The third kappa shape index (κ3) is 4.10. The van der Waals surface area contributed by atoms with Gasteiger partial charge in [0, 0.05) is 57.2 Å². The average Bonchev–Trinajstić information content (AvgIpc) is 2.88. The summed E-state index contributed by atoms with van der Waals surface area (Å²) in [5, 5.41) is 8.26. The molecule has 3 rings (SSSR count). The summed E-state index contributed by atoms with van der Waals surface area (Å²) in [7, 11) is 1.95. The molecular weight excluding hydrogens is 325 g/mol. The topological polar surface area (TPSA) is 36.3 Å². The summed E-state index contributed by atoms with van der Waals surface area (Å²) < 4.78 is 14.8. The van der Waals surface area contributed by atoms with Crippen molar-refractivity contribution >= 4 is 23.0 Å². The van der Waals surface area contributed by atoms with E-state index in [2.05, 4.69) is 26.4 Å². The Morgan fingerprint density at radius 2 is 1.88 bits per heavy atom. The molecule has 1 saturated heterocycles. The van der Waals surface area contributed by atoms with Crippen LogP contribution in [0.15, 0.2) is 30.5 Å². The predicted molar refractivity (Wildman–Crippen MR) is 97.4 cm³/mol. The van der Waals surface area contributed by atoms with E-state index in [4.69, 9.17) is 12.2 Å². The Labute approximate surface area is 147 Å². The molecule has 0 radical (unpaired) electrons. The number of benzene rings is 1. The van der Waals surface area contributed by atoms with Gasteiger partial charge in [-0.25, -0.2) is 4.39 Å². The third-order valence-electron chi connectivity index (χ3n) is 4.26. The fraction of sp³-hybridized carbons (Fsp3) is 0.412. The number of nitrogens with one attached hydrogen (secondary N) is 1. The minimum atomic E-state index is -0.245. The molecule has 1 aromatic heterocycles. The molecule has 2 heterocycles. The smallest absolute Gasteiger partial charge is 0.173 e. The molecule has 0 atom stereocenters. The van der Waals surface area contributed by atoms with Crippen molar-refractivity contribution in [1.82, 2.24) is 19.6 Å². The normalized spacial score (nSPS) is 15.5. The van der Waals surface area contributed by atoms with Crippen LogP contribution >= 0.6 is 12.2 Å². The molecule has 0 bridgehead atoms. The van der Waals surface area contributed by atoms with E-state index < -0.39 is 0 Å². The van der Waals surface area contributed by atoms with E-state index in [9.17, 15) is 4.39 Å². The monoisotopic (exact) mass is 347 g/mol. The minimum Gasteiger partial charge on any atom is -0.346 e. The summed E-state index contributed by atoms with van der Waals surface area (Å²) in [6.07, 6.45) is 2.09. The van der Waals surface area contributed by atoms with Gasteiger partial charge in [-0.2, -0.15) is 5.10 Å². The lowest BCUT2D eigenvalue weighted by molar-refractivity contribution is 0.176. The van der Waals surface area contributed by atoms with Crippen molar-refractivity contribution in [2.24, 2.45) is 7.05 Å². The van der Waals surface area contributed by atoms with Crippen LogP contribution in [0.4, 0.5) is 10.1 Å². The van der Waals surface area contributed by atoms with Gasteiger partial charge in [0.2, 0.25) is 0 Å². The van der Waals surface area contributed by atoms with E-state index >= 15 is 0 Å². The lowest BCUT2D eigenvalue weighted by Crippen LogP contribution is -2.49. The van der Waals surface area contributed by atoms with Gasteiger partial charge in [0.15, 0.2) is 5.11 Å². The van der Waals surface area contributed by atoms with Gasteiger partial charge >= 0.3 is 0 Å². The zero-order valence-corrected chi connectivity index (χ0v) is 14.8. The number of anilines is 1. The summed E-state index contributed by atoms with van der Waals surface area (Å²) in [5.74, 6) is -0.245. The van der Waals surface area contributed by atoms with Crippen LogP contribution in [0.2, 0.25) is 0 Å². The SMILES string of the molecule is Cc1nn(C)cc1CN1CCN(C(=S)Nc2ccc(F)cc2)CC1. The molecule has 2 aromatic rings. The van der Waals surface area contributed by atoms with E-state index in [1.165, 1.54) is 17.7 Å². The van der Waals surface area contributed by atoms with E-state index in [0.717, 1.165) is 44.1 Å². The van der Waals surface area contributed by atoms with Crippen molar-refractivity contribution in [1.29, 1.82) is 0 Å². The van der Waals surface area contributed by atoms with Crippen LogP contribution in [0.5, 0.6) is 0 Å². The second-order valence-electron chi connectivity index (χ2n) is 6.11. The maximum absolute atomic E-state index is 12.9. The number of thiocarbonyl (C=S) groups is 1. The molecule has 1 N–H and O–H groups in total. The third-order valence-corrected chi connectivity index (χ3v) is 4.62. The maximum Gasteiger partial charge on any atom is 0.173 e. The molecule has 0 unspecified atom stereocenters. The van der Waals surface area contributed by atoms with E-state index in [1.54, 1.807) is 12.1 Å². The highest BCUT2D eigenvalue weighted by Crippen LogP contribution is 2.13. The molecule has 0 spiro atoms. The van der Waals surface area contributed by atoms with Crippen molar-refractivity contribution in [2.45, 2.75) is 13.5 Å². The first-order chi connectivity index (χ1) is 11.5. The van der Waals surface area contributed by atoms with Crippen LogP contribution in [0.25, 0.3) is 0 Å². The van der Waals surface area contributed by atoms with Gasteiger partial charge in [-0.3, -0.25) is 9.58 Å². The zero-order chi connectivity index (χ0) is 17.1. The predicted octanol–water partition coefficient (Wildman–Crippen LogP) is 2.38. The molecular formula is C17H22FN5S. The van der Waals surface area contributed by atoms with Gasteiger partial charge in [-0.05, 0) is 43.4 Å². The highest BCUT2D eigenvalue weighted by atomic mass is 32.1. The molecule has 5 nitrogen and oxygen atoms in total. The molecule has 128 valence electrons. The van der Waals surface area contributed by atoms with Crippen LogP contribution in [0.1, 0.15) is 11.3 Å². The van der Waals surface area contributed by atoms with Gasteiger partial charge in [-0.1, -0.05) is 0 Å². The summed E-state index contributed by atoms with van der Waals surface area (Å²) >= 11 is 5.47. The Morgan fingerprint density at radius 3 is 2.46 bits per heavy atom. The van der Waals surface area contributed by atoms with Gasteiger partial charge in [0.1, 0.15) is 5.82 Å². The molecule has 7 heteroatoms. The first-order valence-electron chi connectivity index (χ1n) is 8.04. The van der Waals surface area contributed by atoms with Crippen LogP contribution < -0.4 is 5.32 Å². The number of piperazine rings is 1. The lowest BCUT2D eigenvalue weighted by atomic mass is 10.2. The molecule has 1 aliphatic rings. The van der Waals surface area contributed by atoms with Crippen molar-refractivity contribution in [3.63, 3.8) is 0 Å². The highest BCUT2D eigenvalue weighted by molar-refractivity contribution is 7.80. The molecule has 1 fully saturated rings. The summed E-state index contributed by atoms with van der Waals surface area (Å²) in [6.45, 7) is 6.65. The van der Waals surface area contributed by atoms with Crippen LogP contribution in [-0.2, 0) is 13.6 Å². The van der Waals surface area contributed by atoms with Crippen molar-refractivity contribution < 1.29 is 4.39 Å². The lowest BCUT2D eigenvalue weighted by Gasteiger charge is -2.36. The summed E-state index contributed by atoms with van der Waals surface area (Å²) in [6, 6.07) is 6.25. The average molecular weight is 347 g/mol. The number of halogens is 1. The molecule has 0 saturated carbocycles. The Kier molecular flexibility index (Phi) is 5.11. The van der Waals surface area contributed by atoms with Gasteiger partial charge < -0.3 is 10.2 Å². The van der Waals surface area contributed by atoms with Crippen molar-refractivity contribution in [3.05, 3.63) is 47.5 Å². The first kappa shape index (κ1) is 16.9. The zero-order valence-electron chi connectivity index (χ0n) is 14.0. The largest absolute Gasteiger partial charge is 0.346 e. The number of aromatic nitrogens is 2. The summed E-state index contributed by atoms with van der Waals surface area (Å²) in [5.41, 5.74) is 3.18. The fourth-order valence-corrected chi connectivity index (χ4v) is 3.19. The minimum absolute atomic E-state index is 0.245. The molecule has 0 aliphatic carbocycles. The number of hydrogen-bond acceptors (Lipinski definition) is 3. The molecule has 24 heavy (non-hydrogen) atoms. The number of nitrogens with zero attached hydrogens (tertiary/aromatic N) is 4. The Hall–Kier alpha value is -1.99. The van der Waals surface area contributed by atoms with E-state index in [0.29, 0.717) is 5.11 Å². The number of rotatable bonds is 3. The van der Waals surface area contributed by atoms with Gasteiger partial charge in [0.25, 0.3) is 0 Å². The second kappa shape index (κ2) is 7.27. The Balaban J connectivity index is 1.50. The second-order valence-corrected chi connectivity index (χ2v) is 6.50. The number of aryl methyl sites for hydroxylation is 2. The van der Waals surface area contributed by atoms with E-state index in [1.807, 2.05) is 18.7 Å². The maximum atomic E-state index is 12.9. The van der Waals surface area contributed by atoms with Crippen LogP contribution in [0.3, 0.4) is 0 Å². The molecule has 1 aliphatic heterocycles. The molecule has 0 amide bonds. The standard InChI is InChI=1S/C17H22FN5S/c1-13-14(11-21(2)20-13)12-22-7-9-23(10-8-22)17(24)19-16-5-3-15(18)4-6-16/h3-6,11H,7-10,12H2,1-2H3,(H,19,24). The fourth-order valence-electron chi connectivity index (χ4n) is 2.89. The van der Waals surface area contributed by atoms with Gasteiger partial charge in [-0.15, -0.1) is 0 Å². The van der Waals surface area contributed by atoms with E-state index in [-0.39, 0.29) is 5.82 Å². The quantitative estimate of drug-likeness (QED) is 0.863. The Bertz CT molecular complexity index is 704. The van der Waals surface area contributed by atoms with Crippen LogP contribution in [-0.4, -0.2) is 50.9 Å².